The Hall–Kier alpha value is 3.70. The Labute approximate surface area is 216 Å². The van der Waals surface area contributed by atoms with Gasteiger partial charge < -0.3 is 0 Å². The van der Waals surface area contributed by atoms with Gasteiger partial charge in [0.2, 0.25) is 0 Å². The molecule has 0 aliphatic carbocycles. The molecule has 4 unspecified atom stereocenters. The van der Waals surface area contributed by atoms with E-state index in [1.54, 1.807) is 0 Å². The fourth-order valence-corrected chi connectivity index (χ4v) is 382. The average molecular weight is 678 g/mol. The van der Waals surface area contributed by atoms with Gasteiger partial charge >= 0.3 is 218 Å². The van der Waals surface area contributed by atoms with Crippen molar-refractivity contribution in [2.75, 3.05) is 0 Å². The minimum atomic E-state index is -0.788. The van der Waals surface area contributed by atoms with Crippen LogP contribution in [0, 0.1) is 0 Å². The van der Waals surface area contributed by atoms with E-state index in [1.165, 1.54) is 0 Å². The van der Waals surface area contributed by atoms with E-state index in [9.17, 15) is 0 Å². The molecule has 2 aliphatic heterocycles. The van der Waals surface area contributed by atoms with Crippen LogP contribution in [0.1, 0.15) is 125 Å². The molecule has 2 aliphatic rings. The molecular weight excluding hydrogens is 624 g/mol. The molecule has 2 fully saturated rings. The maximum atomic E-state index is 2.68. The van der Waals surface area contributed by atoms with Gasteiger partial charge in [-0.15, -0.1) is 0 Å². The zero-order valence-electron chi connectivity index (χ0n) is 24.6. The molecule has 0 aromatic carbocycles. The van der Waals surface area contributed by atoms with Crippen LogP contribution in [-0.2, 0) is 0 Å². The van der Waals surface area contributed by atoms with Crippen molar-refractivity contribution in [3.8, 4) is 0 Å². The Morgan fingerprint density at radius 2 is 0.438 bits per heavy atom. The van der Waals surface area contributed by atoms with Crippen LogP contribution >= 0.6 is 39.3 Å². The number of hydrogen-bond acceptors (Lipinski definition) is 0. The van der Waals surface area contributed by atoms with Crippen LogP contribution in [0.3, 0.4) is 0 Å². The molecule has 4 atom stereocenters. The number of hydrogen-bond donors (Lipinski definition) is 0. The van der Waals surface area contributed by atoms with Gasteiger partial charge in [0.25, 0.3) is 0 Å². The van der Waals surface area contributed by atoms with Gasteiger partial charge in [0.15, 0.2) is 0 Å². The molecule has 32 heavy (non-hydrogen) atoms. The zero-order valence-corrected chi connectivity index (χ0v) is 33.7. The van der Waals surface area contributed by atoms with E-state index in [0.717, 1.165) is 0 Å². The molecule has 0 saturated carbocycles. The molecule has 190 valence electrons. The van der Waals surface area contributed by atoms with E-state index in [-0.39, 0.29) is 14.6 Å². The summed E-state index contributed by atoms with van der Waals surface area (Å²) in [5.41, 5.74) is 0. The summed E-state index contributed by atoms with van der Waals surface area (Å²) in [5, 5.41) is 3.47. The first-order valence-electron chi connectivity index (χ1n) is 12.1. The predicted octanol–water partition coefficient (Wildman–Crippen LogP) is 12.4. The van der Waals surface area contributed by atoms with Crippen LogP contribution < -0.4 is 0 Å². The Bertz CT molecular complexity index is 580. The minimum absolute atomic E-state index is 0.221. The van der Waals surface area contributed by atoms with Gasteiger partial charge in [0.1, 0.15) is 0 Å². The summed E-state index contributed by atoms with van der Waals surface area (Å²) >= 11 is -1.58. The van der Waals surface area contributed by atoms with Crippen LogP contribution in [0.2, 0.25) is 0 Å². The zero-order chi connectivity index (χ0) is 25.6. The second kappa shape index (κ2) is 9.71. The van der Waals surface area contributed by atoms with Gasteiger partial charge in [-0.25, -0.2) is 0 Å². The van der Waals surface area contributed by atoms with Gasteiger partial charge in [-0.3, -0.25) is 0 Å². The first-order chi connectivity index (χ1) is 13.7. The van der Waals surface area contributed by atoms with E-state index in [2.05, 4.69) is 125 Å². The number of rotatable bonds is 1. The van der Waals surface area contributed by atoms with Gasteiger partial charge in [-0.1, -0.05) is 0 Å². The van der Waals surface area contributed by atoms with E-state index in [1.807, 2.05) is 0 Å². The van der Waals surface area contributed by atoms with Crippen molar-refractivity contribution in [2.45, 2.75) is 156 Å². The summed E-state index contributed by atoms with van der Waals surface area (Å²) in [4.78, 5) is 0. The van der Waals surface area contributed by atoms with Crippen LogP contribution in [0.25, 0.3) is 0 Å². The van der Waals surface area contributed by atoms with Crippen LogP contribution in [-0.4, -0.2) is 54.3 Å². The van der Waals surface area contributed by atoms with Crippen LogP contribution in [0.15, 0.2) is 0 Å². The summed E-state index contributed by atoms with van der Waals surface area (Å²) in [6.45, 7) is 47.9. The predicted molar refractivity (Wildman–Crippen MR) is 172 cm³/mol. The second-order valence-corrected chi connectivity index (χ2v) is 93.4. The standard InChI is InChI=1S/C24H54As2P6/c1-19(2,3)27-25(28(20(4,5)6)31(27)23(13,14)15)26-29(21(7,8)9)32(24(16,17)18)30(26)22(10,11)12/h1-18H3. The summed E-state index contributed by atoms with van der Waals surface area (Å²) in [7, 11) is 0.443. The van der Waals surface area contributed by atoms with Crippen molar-refractivity contribution in [2.24, 2.45) is 0 Å². The molecular formula is C24H54As2P6. The molecule has 0 N–H and O–H groups in total. The third-order valence-corrected chi connectivity index (χ3v) is 201. The summed E-state index contributed by atoms with van der Waals surface area (Å²) in [6, 6.07) is 0. The van der Waals surface area contributed by atoms with Gasteiger partial charge in [-0.05, 0) is 0 Å². The van der Waals surface area contributed by atoms with Crippen molar-refractivity contribution in [1.29, 1.82) is 0 Å². The Kier molecular flexibility index (Phi) is 9.68. The van der Waals surface area contributed by atoms with E-state index >= 15 is 0 Å². The van der Waals surface area contributed by atoms with Gasteiger partial charge in [0.05, 0.1) is 0 Å². The van der Waals surface area contributed by atoms with Crippen molar-refractivity contribution in [1.82, 2.24) is 0 Å². The van der Waals surface area contributed by atoms with E-state index in [0.29, 0.717) is 55.6 Å². The molecule has 0 radical (unpaired) electrons. The summed E-state index contributed by atoms with van der Waals surface area (Å²) in [6.07, 6.45) is 1.17. The first-order valence-corrected chi connectivity index (χ1v) is 38.1. The molecule has 0 aromatic heterocycles. The quantitative estimate of drug-likeness (QED) is 0.191. The average Bonchev–Trinajstić information content (AvgIpc) is 2.29. The molecule has 2 heterocycles. The van der Waals surface area contributed by atoms with Gasteiger partial charge in [-0.2, -0.15) is 0 Å². The Morgan fingerprint density at radius 1 is 0.281 bits per heavy atom. The first kappa shape index (κ1) is 31.9. The normalized spacial score (nSPS) is 37.7. The summed E-state index contributed by atoms with van der Waals surface area (Å²) in [5.74, 6) is 0. The van der Waals surface area contributed by atoms with Crippen molar-refractivity contribution in [3.63, 3.8) is 0 Å². The van der Waals surface area contributed by atoms with E-state index < -0.39 is 23.3 Å². The third kappa shape index (κ3) is 6.29. The van der Waals surface area contributed by atoms with Crippen molar-refractivity contribution < 1.29 is 0 Å². The SMILES string of the molecule is CC(C)(C)P1P(C(C)(C)C)[As]([As]2P(C(C)(C)C)P(C(C)(C)C)P2C(C)(C)C)P1C(C)(C)C. The fourth-order valence-electron chi connectivity index (χ4n) is 4.21. The third-order valence-electron chi connectivity index (χ3n) is 5.16. The molecule has 2 saturated heterocycles. The molecule has 2 rings (SSSR count). The van der Waals surface area contributed by atoms with Crippen LogP contribution in [0.5, 0.6) is 0 Å². The molecule has 0 bridgehead atoms. The Morgan fingerprint density at radius 3 is 0.531 bits per heavy atom. The van der Waals surface area contributed by atoms with Crippen molar-refractivity contribution in [3.05, 3.63) is 0 Å². The van der Waals surface area contributed by atoms with E-state index in [4.69, 9.17) is 0 Å². The monoisotopic (exact) mass is 678 g/mol. The molecule has 0 amide bonds. The maximum absolute atomic E-state index is 2.68. The molecule has 8 heteroatoms. The summed E-state index contributed by atoms with van der Waals surface area (Å²) < 4.78 is 0. The van der Waals surface area contributed by atoms with Crippen LogP contribution in [0.4, 0.5) is 0 Å². The Balaban J connectivity index is 2.75. The molecule has 0 spiro atoms. The van der Waals surface area contributed by atoms with Crippen molar-refractivity contribution >= 4 is 62.6 Å². The molecule has 0 aromatic rings. The fraction of sp³-hybridized carbons (Fsp3) is 1.00. The molecule has 0 nitrogen and oxygen atoms in total. The topological polar surface area (TPSA) is 0 Å². The second-order valence-electron chi connectivity index (χ2n) is 15.3. The van der Waals surface area contributed by atoms with Gasteiger partial charge in [0, 0.05) is 0 Å².